The molecule has 3 rings (SSSR count). The summed E-state index contributed by atoms with van der Waals surface area (Å²) in [6.45, 7) is 2.80. The molecule has 0 saturated heterocycles. The summed E-state index contributed by atoms with van der Waals surface area (Å²) in [6.07, 6.45) is 2.68. The molecule has 4 heteroatoms. The molecule has 19 heavy (non-hydrogen) atoms. The number of benzene rings is 1. The fourth-order valence-corrected chi connectivity index (χ4v) is 3.02. The first-order chi connectivity index (χ1) is 9.24. The normalized spacial score (nSPS) is 19.6. The molecule has 0 radical (unpaired) electrons. The highest BCUT2D eigenvalue weighted by Gasteiger charge is 2.23. The van der Waals surface area contributed by atoms with Crippen molar-refractivity contribution in [3.8, 4) is 5.75 Å². The van der Waals surface area contributed by atoms with E-state index in [9.17, 15) is 0 Å². The van der Waals surface area contributed by atoms with Crippen LogP contribution < -0.4 is 10.1 Å². The fourth-order valence-electron chi connectivity index (χ4n) is 2.48. The third-order valence-corrected chi connectivity index (χ3v) is 4.06. The molecule has 0 fully saturated rings. The van der Waals surface area contributed by atoms with Gasteiger partial charge in [-0.2, -0.15) is 0 Å². The predicted molar refractivity (Wildman–Crippen MR) is 77.4 cm³/mol. The number of nitrogens with one attached hydrogen (secondary N) is 1. The van der Waals surface area contributed by atoms with Gasteiger partial charge in [-0.1, -0.05) is 18.2 Å². The average Bonchev–Trinajstić information content (AvgIpc) is 2.85. The first-order valence-corrected chi connectivity index (χ1v) is 7.23. The van der Waals surface area contributed by atoms with E-state index >= 15 is 0 Å². The Morgan fingerprint density at radius 3 is 2.95 bits per heavy atom. The third-order valence-electron chi connectivity index (χ3n) is 3.40. The lowest BCUT2D eigenvalue weighted by Crippen LogP contribution is -2.40. The average molecular weight is 322 g/mol. The van der Waals surface area contributed by atoms with Crippen LogP contribution in [-0.4, -0.2) is 12.6 Å². The number of furan rings is 1. The highest BCUT2D eigenvalue weighted by molar-refractivity contribution is 9.10. The summed E-state index contributed by atoms with van der Waals surface area (Å²) in [7, 11) is 0. The minimum Gasteiger partial charge on any atom is -0.492 e. The van der Waals surface area contributed by atoms with Gasteiger partial charge in [0, 0.05) is 6.04 Å². The van der Waals surface area contributed by atoms with E-state index in [2.05, 4.69) is 40.3 Å². The van der Waals surface area contributed by atoms with Crippen LogP contribution in [0.25, 0.3) is 0 Å². The van der Waals surface area contributed by atoms with E-state index in [4.69, 9.17) is 9.15 Å². The van der Waals surface area contributed by atoms with Crippen LogP contribution in [0.1, 0.15) is 24.3 Å². The van der Waals surface area contributed by atoms with E-state index in [0.29, 0.717) is 12.6 Å². The lowest BCUT2D eigenvalue weighted by molar-refractivity contribution is 0.224. The molecule has 2 atom stereocenters. The minimum absolute atomic E-state index is 0.156. The Morgan fingerprint density at radius 2 is 2.16 bits per heavy atom. The maximum atomic E-state index is 5.78. The second-order valence-corrected chi connectivity index (χ2v) is 5.70. The number of halogens is 1. The molecule has 0 spiro atoms. The van der Waals surface area contributed by atoms with Gasteiger partial charge in [0.2, 0.25) is 0 Å². The molecule has 1 aliphatic rings. The maximum Gasteiger partial charge on any atom is 0.134 e. The van der Waals surface area contributed by atoms with Crippen molar-refractivity contribution in [2.24, 2.45) is 0 Å². The maximum absolute atomic E-state index is 5.78. The molecule has 0 amide bonds. The Morgan fingerprint density at radius 1 is 1.32 bits per heavy atom. The van der Waals surface area contributed by atoms with Gasteiger partial charge in [0.15, 0.2) is 0 Å². The SMILES string of the molecule is C[C@@H](N[C@H]1COc2ccccc2C1)c1occc1Br. The zero-order valence-corrected chi connectivity index (χ0v) is 12.3. The minimum atomic E-state index is 0.156. The Hall–Kier alpha value is -1.26. The van der Waals surface area contributed by atoms with E-state index in [1.54, 1.807) is 6.26 Å². The van der Waals surface area contributed by atoms with Gasteiger partial charge < -0.3 is 14.5 Å². The van der Waals surface area contributed by atoms with Crippen molar-refractivity contribution in [1.29, 1.82) is 0 Å². The summed E-state index contributed by atoms with van der Waals surface area (Å²) in [6, 6.07) is 10.6. The van der Waals surface area contributed by atoms with Crippen LogP contribution in [-0.2, 0) is 6.42 Å². The molecule has 0 aliphatic carbocycles. The lowest BCUT2D eigenvalue weighted by Gasteiger charge is -2.28. The Kier molecular flexibility index (Phi) is 3.62. The van der Waals surface area contributed by atoms with Gasteiger partial charge >= 0.3 is 0 Å². The van der Waals surface area contributed by atoms with Crippen LogP contribution in [0.5, 0.6) is 5.75 Å². The first kappa shape index (κ1) is 12.8. The highest BCUT2D eigenvalue weighted by Crippen LogP contribution is 2.27. The van der Waals surface area contributed by atoms with Crippen molar-refractivity contribution >= 4 is 15.9 Å². The van der Waals surface area contributed by atoms with Crippen LogP contribution in [0.3, 0.4) is 0 Å². The van der Waals surface area contributed by atoms with E-state index in [0.717, 1.165) is 22.4 Å². The first-order valence-electron chi connectivity index (χ1n) is 6.43. The predicted octanol–water partition coefficient (Wildman–Crippen LogP) is 3.70. The summed E-state index contributed by atoms with van der Waals surface area (Å²) >= 11 is 3.49. The van der Waals surface area contributed by atoms with Crippen LogP contribution in [0.15, 0.2) is 45.5 Å². The summed E-state index contributed by atoms with van der Waals surface area (Å²) in [5, 5.41) is 3.55. The van der Waals surface area contributed by atoms with E-state index in [-0.39, 0.29) is 6.04 Å². The molecule has 1 N–H and O–H groups in total. The van der Waals surface area contributed by atoms with Crippen LogP contribution in [0.2, 0.25) is 0 Å². The fraction of sp³-hybridized carbons (Fsp3) is 0.333. The number of rotatable bonds is 3. The molecule has 0 bridgehead atoms. The number of hydrogen-bond donors (Lipinski definition) is 1. The topological polar surface area (TPSA) is 34.4 Å². The molecule has 0 unspecified atom stereocenters. The zero-order valence-electron chi connectivity index (χ0n) is 10.7. The quantitative estimate of drug-likeness (QED) is 0.936. The van der Waals surface area contributed by atoms with Crippen molar-refractivity contribution in [2.75, 3.05) is 6.61 Å². The van der Waals surface area contributed by atoms with Crippen LogP contribution in [0, 0.1) is 0 Å². The van der Waals surface area contributed by atoms with Gasteiger partial charge in [0.25, 0.3) is 0 Å². The lowest BCUT2D eigenvalue weighted by atomic mass is 10.0. The van der Waals surface area contributed by atoms with Crippen molar-refractivity contribution < 1.29 is 9.15 Å². The second-order valence-electron chi connectivity index (χ2n) is 4.84. The molecular formula is C15H16BrNO2. The van der Waals surface area contributed by atoms with E-state index in [1.807, 2.05) is 18.2 Å². The van der Waals surface area contributed by atoms with Crippen LogP contribution in [0.4, 0.5) is 0 Å². The standard InChI is InChI=1S/C15H16BrNO2/c1-10(15-13(16)6-7-18-15)17-12-8-11-4-2-3-5-14(11)19-9-12/h2-7,10,12,17H,8-9H2,1H3/t10-,12-/m1/s1. The van der Waals surface area contributed by atoms with Crippen molar-refractivity contribution in [2.45, 2.75) is 25.4 Å². The summed E-state index contributed by atoms with van der Waals surface area (Å²) < 4.78 is 12.3. The van der Waals surface area contributed by atoms with Gasteiger partial charge in [-0.05, 0) is 47.0 Å². The summed E-state index contributed by atoms with van der Waals surface area (Å²) in [5.74, 6) is 1.94. The molecule has 1 aromatic heterocycles. The number of fused-ring (bicyclic) bond motifs is 1. The van der Waals surface area contributed by atoms with Crippen molar-refractivity contribution in [1.82, 2.24) is 5.32 Å². The number of para-hydroxylation sites is 1. The molecule has 2 aromatic rings. The number of hydrogen-bond acceptors (Lipinski definition) is 3. The zero-order chi connectivity index (χ0) is 13.2. The molecule has 1 aliphatic heterocycles. The van der Waals surface area contributed by atoms with Gasteiger partial charge in [-0.15, -0.1) is 0 Å². The van der Waals surface area contributed by atoms with E-state index in [1.165, 1.54) is 5.56 Å². The number of ether oxygens (including phenoxy) is 1. The molecular weight excluding hydrogens is 306 g/mol. The molecule has 1 aromatic carbocycles. The molecule has 2 heterocycles. The molecule has 100 valence electrons. The molecule has 3 nitrogen and oxygen atoms in total. The largest absolute Gasteiger partial charge is 0.492 e. The van der Waals surface area contributed by atoms with E-state index < -0.39 is 0 Å². The Balaban J connectivity index is 1.68. The Labute approximate surface area is 121 Å². The van der Waals surface area contributed by atoms with Gasteiger partial charge in [0.05, 0.1) is 16.8 Å². The molecule has 0 saturated carbocycles. The van der Waals surface area contributed by atoms with Crippen molar-refractivity contribution in [3.63, 3.8) is 0 Å². The summed E-state index contributed by atoms with van der Waals surface area (Å²) in [4.78, 5) is 0. The second kappa shape index (κ2) is 5.39. The van der Waals surface area contributed by atoms with Gasteiger partial charge in [-0.3, -0.25) is 0 Å². The third kappa shape index (κ3) is 2.69. The van der Waals surface area contributed by atoms with Gasteiger partial charge in [0.1, 0.15) is 18.1 Å². The van der Waals surface area contributed by atoms with Crippen LogP contribution >= 0.6 is 15.9 Å². The Bertz CT molecular complexity index is 567. The monoisotopic (exact) mass is 321 g/mol. The smallest absolute Gasteiger partial charge is 0.134 e. The van der Waals surface area contributed by atoms with Crippen molar-refractivity contribution in [3.05, 3.63) is 52.4 Å². The highest BCUT2D eigenvalue weighted by atomic mass is 79.9. The van der Waals surface area contributed by atoms with Gasteiger partial charge in [-0.25, -0.2) is 0 Å². The summed E-state index contributed by atoms with van der Waals surface area (Å²) in [5.41, 5.74) is 1.26.